The van der Waals surface area contributed by atoms with Gasteiger partial charge in [-0.15, -0.1) is 0 Å². The minimum atomic E-state index is -5.82. The summed E-state index contributed by atoms with van der Waals surface area (Å²) in [6.07, 6.45) is -4.10. The third-order valence-electron chi connectivity index (χ3n) is 4.32. The monoisotopic (exact) mass is 416 g/mol. The lowest BCUT2D eigenvalue weighted by Crippen LogP contribution is -2.36. The topological polar surface area (TPSA) is 68.3 Å². The standard InChI is InChI=1S/C17H17F5N6O/c1-9-5-13(16(18,19)17(20,21)22)28-14(23-9)6-12(25-28)15(29)26(3)7-11-8-27(4)24-10(11)2/h5-6,8H,7H2,1-4H3. The van der Waals surface area contributed by atoms with E-state index in [2.05, 4.69) is 15.2 Å². The molecule has 0 atom stereocenters. The van der Waals surface area contributed by atoms with Crippen LogP contribution in [0.2, 0.25) is 0 Å². The highest BCUT2D eigenvalue weighted by Crippen LogP contribution is 2.43. The maximum absolute atomic E-state index is 14.0. The molecule has 0 aliphatic heterocycles. The molecule has 29 heavy (non-hydrogen) atoms. The van der Waals surface area contributed by atoms with Gasteiger partial charge in [0.1, 0.15) is 5.69 Å². The van der Waals surface area contributed by atoms with Gasteiger partial charge in [0.25, 0.3) is 5.91 Å². The fourth-order valence-electron chi connectivity index (χ4n) is 2.90. The first kappa shape index (κ1) is 20.7. The van der Waals surface area contributed by atoms with Gasteiger partial charge in [-0.25, -0.2) is 9.50 Å². The molecule has 0 radical (unpaired) electrons. The molecule has 0 aliphatic carbocycles. The van der Waals surface area contributed by atoms with Crippen LogP contribution in [0.5, 0.6) is 0 Å². The molecule has 0 spiro atoms. The molecule has 3 rings (SSSR count). The number of amides is 1. The fraction of sp³-hybridized carbons (Fsp3) is 0.412. The average molecular weight is 416 g/mol. The number of carbonyl (C=O) groups is 1. The summed E-state index contributed by atoms with van der Waals surface area (Å²) in [5, 5.41) is 7.85. The lowest BCUT2D eigenvalue weighted by Gasteiger charge is -2.20. The summed E-state index contributed by atoms with van der Waals surface area (Å²) in [7, 11) is 3.18. The van der Waals surface area contributed by atoms with Crippen LogP contribution in [0.15, 0.2) is 18.3 Å². The van der Waals surface area contributed by atoms with Gasteiger partial charge in [0.05, 0.1) is 5.69 Å². The Bertz CT molecular complexity index is 1080. The molecule has 3 aromatic rings. The van der Waals surface area contributed by atoms with E-state index in [4.69, 9.17) is 0 Å². The van der Waals surface area contributed by atoms with Crippen molar-refractivity contribution in [3.05, 3.63) is 46.7 Å². The molecule has 0 fully saturated rings. The second-order valence-corrected chi connectivity index (χ2v) is 6.73. The Hall–Kier alpha value is -3.05. The van der Waals surface area contributed by atoms with Crippen LogP contribution >= 0.6 is 0 Å². The van der Waals surface area contributed by atoms with E-state index in [1.165, 1.54) is 18.9 Å². The van der Waals surface area contributed by atoms with Crippen molar-refractivity contribution in [3.8, 4) is 0 Å². The number of aryl methyl sites for hydroxylation is 3. The van der Waals surface area contributed by atoms with Crippen molar-refractivity contribution in [2.75, 3.05) is 7.05 Å². The molecular weight excluding hydrogens is 399 g/mol. The molecule has 12 heteroatoms. The van der Waals surface area contributed by atoms with Crippen molar-refractivity contribution in [2.24, 2.45) is 7.05 Å². The summed E-state index contributed by atoms with van der Waals surface area (Å²) in [5.74, 6) is -5.82. The van der Waals surface area contributed by atoms with Crippen molar-refractivity contribution < 1.29 is 26.7 Å². The number of alkyl halides is 5. The maximum Gasteiger partial charge on any atom is 0.459 e. The lowest BCUT2D eigenvalue weighted by molar-refractivity contribution is -0.291. The first-order valence-electron chi connectivity index (χ1n) is 8.38. The third kappa shape index (κ3) is 3.66. The second-order valence-electron chi connectivity index (χ2n) is 6.73. The quantitative estimate of drug-likeness (QED) is 0.614. The van der Waals surface area contributed by atoms with Gasteiger partial charge in [-0.1, -0.05) is 0 Å². The summed E-state index contributed by atoms with van der Waals surface area (Å²) in [6.45, 7) is 3.20. The molecule has 1 amide bonds. The molecule has 0 saturated heterocycles. The van der Waals surface area contributed by atoms with E-state index >= 15 is 0 Å². The number of rotatable bonds is 4. The fourth-order valence-corrected chi connectivity index (χ4v) is 2.90. The normalized spacial score (nSPS) is 12.6. The average Bonchev–Trinajstić information content (AvgIpc) is 3.14. The minimum Gasteiger partial charge on any atom is -0.336 e. The van der Waals surface area contributed by atoms with Gasteiger partial charge in [0.15, 0.2) is 11.3 Å². The first-order valence-corrected chi connectivity index (χ1v) is 8.38. The lowest BCUT2D eigenvalue weighted by atomic mass is 10.2. The highest BCUT2D eigenvalue weighted by Gasteiger charge is 2.60. The van der Waals surface area contributed by atoms with Gasteiger partial charge in [-0.05, 0) is 19.9 Å². The molecule has 7 nitrogen and oxygen atoms in total. The van der Waals surface area contributed by atoms with E-state index in [0.29, 0.717) is 16.3 Å². The van der Waals surface area contributed by atoms with Gasteiger partial charge >= 0.3 is 12.1 Å². The molecule has 0 bridgehead atoms. The van der Waals surface area contributed by atoms with E-state index in [0.717, 1.165) is 11.6 Å². The first-order chi connectivity index (χ1) is 13.3. The minimum absolute atomic E-state index is 0.0605. The molecule has 156 valence electrons. The van der Waals surface area contributed by atoms with Crippen molar-refractivity contribution in [1.29, 1.82) is 0 Å². The van der Waals surface area contributed by atoms with Gasteiger partial charge in [-0.2, -0.15) is 32.1 Å². The van der Waals surface area contributed by atoms with E-state index < -0.39 is 23.7 Å². The Morgan fingerprint density at radius 3 is 2.34 bits per heavy atom. The Labute approximate surface area is 161 Å². The molecule has 0 aromatic carbocycles. The van der Waals surface area contributed by atoms with Crippen LogP contribution in [0.25, 0.3) is 5.65 Å². The number of halogens is 5. The molecule has 0 N–H and O–H groups in total. The van der Waals surface area contributed by atoms with E-state index in [1.807, 2.05) is 0 Å². The highest BCUT2D eigenvalue weighted by atomic mass is 19.4. The van der Waals surface area contributed by atoms with Crippen LogP contribution < -0.4 is 0 Å². The molecule has 3 heterocycles. The van der Waals surface area contributed by atoms with Crippen molar-refractivity contribution >= 4 is 11.6 Å². The Morgan fingerprint density at radius 1 is 1.14 bits per heavy atom. The summed E-state index contributed by atoms with van der Waals surface area (Å²) < 4.78 is 68.4. The molecule has 0 unspecified atom stereocenters. The second kappa shape index (κ2) is 6.78. The van der Waals surface area contributed by atoms with Crippen LogP contribution in [0.4, 0.5) is 22.0 Å². The van der Waals surface area contributed by atoms with Crippen LogP contribution in [0.1, 0.15) is 33.1 Å². The van der Waals surface area contributed by atoms with E-state index in [1.54, 1.807) is 24.9 Å². The number of nitrogens with zero attached hydrogens (tertiary/aromatic N) is 6. The van der Waals surface area contributed by atoms with Gasteiger partial charge in [-0.3, -0.25) is 9.48 Å². The van der Waals surface area contributed by atoms with Crippen LogP contribution in [0.3, 0.4) is 0 Å². The Kier molecular flexibility index (Phi) is 4.83. The zero-order chi connectivity index (χ0) is 21.7. The Morgan fingerprint density at radius 2 is 1.79 bits per heavy atom. The predicted molar refractivity (Wildman–Crippen MR) is 91.4 cm³/mol. The summed E-state index contributed by atoms with van der Waals surface area (Å²) in [5.41, 5.74) is -0.589. The smallest absolute Gasteiger partial charge is 0.336 e. The highest BCUT2D eigenvalue weighted by molar-refractivity contribution is 5.93. The third-order valence-corrected chi connectivity index (χ3v) is 4.32. The predicted octanol–water partition coefficient (Wildman–Crippen LogP) is 3.01. The van der Waals surface area contributed by atoms with Gasteiger partial charge in [0, 0.05) is 44.2 Å². The molecule has 3 aromatic heterocycles. The largest absolute Gasteiger partial charge is 0.459 e. The van der Waals surface area contributed by atoms with Crippen molar-refractivity contribution in [1.82, 2.24) is 29.3 Å². The summed E-state index contributed by atoms with van der Waals surface area (Å²) in [6, 6.07) is 1.68. The maximum atomic E-state index is 14.0. The van der Waals surface area contributed by atoms with Crippen LogP contribution in [-0.2, 0) is 19.5 Å². The van der Waals surface area contributed by atoms with Crippen LogP contribution in [-0.4, -0.2) is 48.4 Å². The number of aromatic nitrogens is 5. The van der Waals surface area contributed by atoms with E-state index in [9.17, 15) is 26.7 Å². The van der Waals surface area contributed by atoms with Crippen molar-refractivity contribution in [2.45, 2.75) is 32.5 Å². The zero-order valence-electron chi connectivity index (χ0n) is 15.9. The number of carbonyl (C=O) groups excluding carboxylic acids is 1. The summed E-state index contributed by atoms with van der Waals surface area (Å²) >= 11 is 0. The number of hydrogen-bond acceptors (Lipinski definition) is 4. The van der Waals surface area contributed by atoms with E-state index in [-0.39, 0.29) is 23.6 Å². The molecule has 0 saturated carbocycles. The number of hydrogen-bond donors (Lipinski definition) is 0. The SMILES string of the molecule is Cc1cc(C(F)(F)C(F)(F)F)n2nc(C(=O)N(C)Cc3cn(C)nc3C)cc2n1. The van der Waals surface area contributed by atoms with Crippen molar-refractivity contribution in [3.63, 3.8) is 0 Å². The zero-order valence-corrected chi connectivity index (χ0v) is 15.9. The Balaban J connectivity index is 2.00. The number of fused-ring (bicyclic) bond motifs is 1. The molecule has 0 aliphatic rings. The summed E-state index contributed by atoms with van der Waals surface area (Å²) in [4.78, 5) is 17.8. The molecular formula is C17H17F5N6O. The van der Waals surface area contributed by atoms with Gasteiger partial charge < -0.3 is 4.90 Å². The van der Waals surface area contributed by atoms with Gasteiger partial charge in [0.2, 0.25) is 0 Å². The van der Waals surface area contributed by atoms with Crippen LogP contribution in [0, 0.1) is 13.8 Å².